The lowest BCUT2D eigenvalue weighted by Crippen LogP contribution is -2.49. The Hall–Kier alpha value is -3.23. The number of benzene rings is 2. The van der Waals surface area contributed by atoms with Gasteiger partial charge in [0.1, 0.15) is 10.8 Å². The number of para-hydroxylation sites is 1. The highest BCUT2D eigenvalue weighted by Gasteiger charge is 2.26. The van der Waals surface area contributed by atoms with Crippen molar-refractivity contribution in [2.45, 2.75) is 0 Å². The maximum atomic E-state index is 13.5. The number of anilines is 1. The average molecular weight is 469 g/mol. The molecule has 3 heterocycles. The number of amides is 1. The molecule has 0 spiro atoms. The Balaban J connectivity index is 1.31. The summed E-state index contributed by atoms with van der Waals surface area (Å²) in [5.74, 6) is -0.391. The molecule has 1 saturated heterocycles. The number of halogens is 2. The molecule has 0 saturated carbocycles. The molecule has 1 fully saturated rings. The van der Waals surface area contributed by atoms with Crippen LogP contribution < -0.4 is 10.5 Å². The lowest BCUT2D eigenvalue weighted by molar-refractivity contribution is 0.0751. The zero-order valence-corrected chi connectivity index (χ0v) is 18.4. The monoisotopic (exact) mass is 468 g/mol. The van der Waals surface area contributed by atoms with Crippen LogP contribution in [0.25, 0.3) is 15.8 Å². The van der Waals surface area contributed by atoms with Gasteiger partial charge >= 0.3 is 0 Å². The fraction of sp³-hybridized carbons (Fsp3) is 0.174. The van der Waals surface area contributed by atoms with E-state index in [1.807, 2.05) is 23.1 Å². The Kier molecular flexibility index (Phi) is 5.40. The molecule has 0 bridgehead atoms. The Morgan fingerprint density at radius 3 is 2.53 bits per heavy atom. The smallest absolute Gasteiger partial charge is 0.292 e. The number of carbonyl (C=O) groups excluding carboxylic acids is 1. The third kappa shape index (κ3) is 3.76. The van der Waals surface area contributed by atoms with Crippen molar-refractivity contribution in [3.8, 4) is 5.69 Å². The Morgan fingerprint density at radius 1 is 1.03 bits per heavy atom. The van der Waals surface area contributed by atoms with E-state index < -0.39 is 0 Å². The topological polar surface area (TPSA) is 58.4 Å². The molecule has 1 amide bonds. The average Bonchev–Trinajstić information content (AvgIpc) is 3.24. The van der Waals surface area contributed by atoms with Crippen LogP contribution in [-0.2, 0) is 0 Å². The van der Waals surface area contributed by atoms with Gasteiger partial charge in [-0.05, 0) is 41.8 Å². The SMILES string of the molecule is O=C(c1cc2cc(F)ccc2s1)N1CCN(c2cnn(-c3ccccc3)c(=O)c2Cl)CC1. The summed E-state index contributed by atoms with van der Waals surface area (Å²) >= 11 is 7.77. The van der Waals surface area contributed by atoms with Gasteiger partial charge in [-0.25, -0.2) is 4.39 Å². The molecule has 1 aliphatic heterocycles. The Bertz CT molecular complexity index is 1360. The third-order valence-corrected chi connectivity index (χ3v) is 6.96. The summed E-state index contributed by atoms with van der Waals surface area (Å²) in [6.45, 7) is 2.03. The van der Waals surface area contributed by atoms with Crippen molar-refractivity contribution in [3.63, 3.8) is 0 Å². The Labute approximate surface area is 192 Å². The van der Waals surface area contributed by atoms with Gasteiger partial charge in [0, 0.05) is 30.9 Å². The van der Waals surface area contributed by atoms with Crippen molar-refractivity contribution in [1.29, 1.82) is 0 Å². The number of thiophene rings is 1. The molecule has 4 aromatic rings. The van der Waals surface area contributed by atoms with Crippen molar-refractivity contribution >= 4 is 44.6 Å². The molecule has 0 unspecified atom stereocenters. The molecule has 162 valence electrons. The molecule has 0 radical (unpaired) electrons. The van der Waals surface area contributed by atoms with Crippen molar-refractivity contribution in [1.82, 2.24) is 14.7 Å². The van der Waals surface area contributed by atoms with Gasteiger partial charge in [-0.3, -0.25) is 9.59 Å². The van der Waals surface area contributed by atoms with Gasteiger partial charge in [0.2, 0.25) is 0 Å². The summed E-state index contributed by atoms with van der Waals surface area (Å²) < 4.78 is 15.6. The van der Waals surface area contributed by atoms with Gasteiger partial charge < -0.3 is 9.80 Å². The zero-order chi connectivity index (χ0) is 22.2. The Morgan fingerprint density at radius 2 is 1.78 bits per heavy atom. The summed E-state index contributed by atoms with van der Waals surface area (Å²) in [5, 5.41) is 5.12. The second kappa shape index (κ2) is 8.37. The first-order chi connectivity index (χ1) is 15.5. The standard InChI is InChI=1S/C23H18ClFN4O2S/c24-21-18(14-26-29(23(21)31)17-4-2-1-3-5-17)27-8-10-28(11-9-27)22(30)20-13-15-12-16(25)6-7-19(15)32-20/h1-7,12-14H,8-11H2. The summed E-state index contributed by atoms with van der Waals surface area (Å²) in [6.07, 6.45) is 1.59. The molecular weight excluding hydrogens is 451 g/mol. The van der Waals surface area contributed by atoms with Gasteiger partial charge in [-0.2, -0.15) is 9.78 Å². The molecule has 5 rings (SSSR count). The van der Waals surface area contributed by atoms with Gasteiger partial charge in [-0.1, -0.05) is 29.8 Å². The minimum Gasteiger partial charge on any atom is -0.365 e. The minimum absolute atomic E-state index is 0.0741. The number of fused-ring (bicyclic) bond motifs is 1. The zero-order valence-electron chi connectivity index (χ0n) is 16.9. The number of aromatic nitrogens is 2. The number of nitrogens with zero attached hydrogens (tertiary/aromatic N) is 4. The highest BCUT2D eigenvalue weighted by molar-refractivity contribution is 7.20. The van der Waals surface area contributed by atoms with E-state index in [0.29, 0.717) is 42.4 Å². The number of rotatable bonds is 3. The first-order valence-electron chi connectivity index (χ1n) is 10.1. The highest BCUT2D eigenvalue weighted by atomic mass is 35.5. The second-order valence-corrected chi connectivity index (χ2v) is 8.93. The number of hydrogen-bond acceptors (Lipinski definition) is 5. The van der Waals surface area contributed by atoms with E-state index in [2.05, 4.69) is 5.10 Å². The quantitative estimate of drug-likeness (QED) is 0.452. The van der Waals surface area contributed by atoms with Crippen LogP contribution in [0.5, 0.6) is 0 Å². The van der Waals surface area contributed by atoms with E-state index in [4.69, 9.17) is 11.6 Å². The molecule has 32 heavy (non-hydrogen) atoms. The van der Waals surface area contributed by atoms with Crippen molar-refractivity contribution in [2.24, 2.45) is 0 Å². The van der Waals surface area contributed by atoms with Crippen LogP contribution in [0.15, 0.2) is 65.6 Å². The molecule has 1 aliphatic rings. The number of piperazine rings is 1. The summed E-state index contributed by atoms with van der Waals surface area (Å²) in [4.78, 5) is 30.0. The highest BCUT2D eigenvalue weighted by Crippen LogP contribution is 2.28. The predicted molar refractivity (Wildman–Crippen MR) is 125 cm³/mol. The maximum Gasteiger partial charge on any atom is 0.292 e. The van der Waals surface area contributed by atoms with E-state index in [0.717, 1.165) is 10.1 Å². The van der Waals surface area contributed by atoms with E-state index in [1.54, 1.807) is 35.4 Å². The van der Waals surface area contributed by atoms with Gasteiger partial charge in [-0.15, -0.1) is 11.3 Å². The van der Waals surface area contributed by atoms with Crippen LogP contribution >= 0.6 is 22.9 Å². The van der Waals surface area contributed by atoms with Crippen molar-refractivity contribution < 1.29 is 9.18 Å². The van der Waals surface area contributed by atoms with Crippen LogP contribution in [0, 0.1) is 5.82 Å². The summed E-state index contributed by atoms with van der Waals surface area (Å²) in [7, 11) is 0. The molecule has 2 aromatic carbocycles. The molecule has 2 aromatic heterocycles. The molecule has 9 heteroatoms. The van der Waals surface area contributed by atoms with E-state index in [-0.39, 0.29) is 22.3 Å². The van der Waals surface area contributed by atoms with E-state index in [9.17, 15) is 14.0 Å². The normalized spacial score (nSPS) is 14.2. The largest absolute Gasteiger partial charge is 0.365 e. The van der Waals surface area contributed by atoms with Gasteiger partial charge in [0.15, 0.2) is 0 Å². The van der Waals surface area contributed by atoms with Crippen LogP contribution in [0.1, 0.15) is 9.67 Å². The first kappa shape index (κ1) is 20.7. The number of hydrogen-bond donors (Lipinski definition) is 0. The van der Waals surface area contributed by atoms with Crippen molar-refractivity contribution in [2.75, 3.05) is 31.1 Å². The lowest BCUT2D eigenvalue weighted by Gasteiger charge is -2.36. The van der Waals surface area contributed by atoms with Crippen LogP contribution in [0.4, 0.5) is 10.1 Å². The molecule has 0 N–H and O–H groups in total. The minimum atomic E-state index is -0.383. The number of carbonyl (C=O) groups is 1. The van der Waals surface area contributed by atoms with E-state index >= 15 is 0 Å². The van der Waals surface area contributed by atoms with Crippen LogP contribution in [0.3, 0.4) is 0 Å². The van der Waals surface area contributed by atoms with E-state index in [1.165, 1.54) is 28.2 Å². The lowest BCUT2D eigenvalue weighted by atomic mass is 10.2. The van der Waals surface area contributed by atoms with Crippen LogP contribution in [0.2, 0.25) is 5.02 Å². The van der Waals surface area contributed by atoms with Crippen molar-refractivity contribution in [3.05, 3.63) is 86.9 Å². The first-order valence-corrected chi connectivity index (χ1v) is 11.3. The molecule has 6 nitrogen and oxygen atoms in total. The summed E-state index contributed by atoms with van der Waals surface area (Å²) in [5.41, 5.74) is 0.823. The predicted octanol–water partition coefficient (Wildman–Crippen LogP) is 4.20. The third-order valence-electron chi connectivity index (χ3n) is 5.50. The van der Waals surface area contributed by atoms with Crippen LogP contribution in [-0.4, -0.2) is 46.8 Å². The fourth-order valence-electron chi connectivity index (χ4n) is 3.82. The second-order valence-electron chi connectivity index (χ2n) is 7.47. The molecule has 0 atom stereocenters. The van der Waals surface area contributed by atoms with Gasteiger partial charge in [0.25, 0.3) is 11.5 Å². The summed E-state index contributed by atoms with van der Waals surface area (Å²) in [6, 6.07) is 15.4. The maximum absolute atomic E-state index is 13.5. The van der Waals surface area contributed by atoms with Gasteiger partial charge in [0.05, 0.1) is 22.4 Å². The molecule has 0 aliphatic carbocycles. The fourth-order valence-corrected chi connectivity index (χ4v) is 5.08. The molecular formula is C23H18ClFN4O2S.